The maximum atomic E-state index is 13.7. The Morgan fingerprint density at radius 2 is 2.00 bits per heavy atom. The number of aryl methyl sites for hydroxylation is 1. The molecule has 0 bridgehead atoms. The van der Waals surface area contributed by atoms with Gasteiger partial charge in [0.05, 0.1) is 0 Å². The standard InChI is InChI=1S/C15H15BrFNO/c1-9(2)11-5-4-10(3)14(6-11)19-15-13(17)7-12(16)8-18-15/h4-9H,1-3H3. The quantitative estimate of drug-likeness (QED) is 0.773. The van der Waals surface area contributed by atoms with Gasteiger partial charge in [-0.2, -0.15) is 0 Å². The van der Waals surface area contributed by atoms with Crippen LogP contribution in [0, 0.1) is 12.7 Å². The molecule has 0 saturated heterocycles. The fraction of sp³-hybridized carbons (Fsp3) is 0.267. The minimum atomic E-state index is -0.483. The monoisotopic (exact) mass is 323 g/mol. The Morgan fingerprint density at radius 1 is 1.26 bits per heavy atom. The van der Waals surface area contributed by atoms with Crippen LogP contribution in [-0.2, 0) is 0 Å². The fourth-order valence-electron chi connectivity index (χ4n) is 1.67. The molecule has 0 aliphatic rings. The van der Waals surface area contributed by atoms with Crippen molar-refractivity contribution >= 4 is 15.9 Å². The van der Waals surface area contributed by atoms with Crippen LogP contribution in [0.25, 0.3) is 0 Å². The van der Waals surface area contributed by atoms with Crippen LogP contribution in [0.1, 0.15) is 30.9 Å². The van der Waals surface area contributed by atoms with Crippen LogP contribution in [0.5, 0.6) is 11.6 Å². The van der Waals surface area contributed by atoms with E-state index in [9.17, 15) is 4.39 Å². The van der Waals surface area contributed by atoms with E-state index >= 15 is 0 Å². The van der Waals surface area contributed by atoms with Crippen molar-refractivity contribution < 1.29 is 9.13 Å². The van der Waals surface area contributed by atoms with Crippen LogP contribution in [0.3, 0.4) is 0 Å². The third-order valence-corrected chi connectivity index (χ3v) is 3.29. The second kappa shape index (κ2) is 5.70. The largest absolute Gasteiger partial charge is 0.436 e. The van der Waals surface area contributed by atoms with Crippen molar-refractivity contribution in [3.8, 4) is 11.6 Å². The van der Waals surface area contributed by atoms with E-state index in [1.54, 1.807) is 0 Å². The van der Waals surface area contributed by atoms with E-state index in [1.807, 2.05) is 19.1 Å². The van der Waals surface area contributed by atoms with E-state index in [2.05, 4.69) is 40.8 Å². The molecular weight excluding hydrogens is 309 g/mol. The number of pyridine rings is 1. The summed E-state index contributed by atoms with van der Waals surface area (Å²) >= 11 is 3.17. The summed E-state index contributed by atoms with van der Waals surface area (Å²) in [6, 6.07) is 7.30. The number of hydrogen-bond donors (Lipinski definition) is 0. The number of hydrogen-bond acceptors (Lipinski definition) is 2. The first-order valence-electron chi connectivity index (χ1n) is 6.07. The lowest BCUT2D eigenvalue weighted by Crippen LogP contribution is -1.96. The molecule has 0 atom stereocenters. The van der Waals surface area contributed by atoms with Crippen LogP contribution in [0.4, 0.5) is 4.39 Å². The molecule has 2 rings (SSSR count). The Kier molecular flexibility index (Phi) is 4.20. The highest BCUT2D eigenvalue weighted by molar-refractivity contribution is 9.10. The lowest BCUT2D eigenvalue weighted by atomic mass is 10.0. The Bertz CT molecular complexity index is 599. The average molecular weight is 324 g/mol. The fourth-order valence-corrected chi connectivity index (χ4v) is 1.97. The van der Waals surface area contributed by atoms with Crippen molar-refractivity contribution in [1.82, 2.24) is 4.98 Å². The van der Waals surface area contributed by atoms with E-state index in [0.717, 1.165) is 11.1 Å². The van der Waals surface area contributed by atoms with Crippen molar-refractivity contribution in [1.29, 1.82) is 0 Å². The minimum Gasteiger partial charge on any atom is -0.436 e. The van der Waals surface area contributed by atoms with E-state index in [-0.39, 0.29) is 5.88 Å². The first kappa shape index (κ1) is 14.0. The van der Waals surface area contributed by atoms with Gasteiger partial charge in [-0.1, -0.05) is 26.0 Å². The number of halogens is 2. The zero-order chi connectivity index (χ0) is 14.0. The Balaban J connectivity index is 2.34. The molecule has 1 aromatic heterocycles. The summed E-state index contributed by atoms with van der Waals surface area (Å²) in [6.07, 6.45) is 1.51. The summed E-state index contributed by atoms with van der Waals surface area (Å²) in [5.41, 5.74) is 2.10. The SMILES string of the molecule is Cc1ccc(C(C)C)cc1Oc1ncc(Br)cc1F. The summed E-state index contributed by atoms with van der Waals surface area (Å²) in [5, 5.41) is 0. The molecule has 100 valence electrons. The van der Waals surface area contributed by atoms with Crippen LogP contribution in [-0.4, -0.2) is 4.98 Å². The molecule has 1 aromatic carbocycles. The molecule has 0 spiro atoms. The first-order valence-corrected chi connectivity index (χ1v) is 6.86. The van der Waals surface area contributed by atoms with Gasteiger partial charge < -0.3 is 4.74 Å². The summed E-state index contributed by atoms with van der Waals surface area (Å²) in [7, 11) is 0. The number of rotatable bonds is 3. The normalized spacial score (nSPS) is 10.8. The van der Waals surface area contributed by atoms with Gasteiger partial charge in [0.25, 0.3) is 5.88 Å². The van der Waals surface area contributed by atoms with Gasteiger partial charge in [0, 0.05) is 10.7 Å². The lowest BCUT2D eigenvalue weighted by Gasteiger charge is -2.12. The lowest BCUT2D eigenvalue weighted by molar-refractivity contribution is 0.419. The molecule has 0 unspecified atom stereocenters. The Labute approximate surface area is 120 Å². The molecular formula is C15H15BrFNO. The topological polar surface area (TPSA) is 22.1 Å². The summed E-state index contributed by atoms with van der Waals surface area (Å²) in [6.45, 7) is 6.13. The number of aromatic nitrogens is 1. The first-order chi connectivity index (χ1) is 8.97. The Hall–Kier alpha value is -1.42. The number of nitrogens with zero attached hydrogens (tertiary/aromatic N) is 1. The summed E-state index contributed by atoms with van der Waals surface area (Å²) in [5.74, 6) is 0.543. The van der Waals surface area contributed by atoms with Crippen molar-refractivity contribution in [3.63, 3.8) is 0 Å². The van der Waals surface area contributed by atoms with Gasteiger partial charge in [-0.25, -0.2) is 9.37 Å². The van der Waals surface area contributed by atoms with E-state index in [4.69, 9.17) is 4.74 Å². The molecule has 19 heavy (non-hydrogen) atoms. The predicted octanol–water partition coefficient (Wildman–Crippen LogP) is 5.21. The van der Waals surface area contributed by atoms with Crippen molar-refractivity contribution in [3.05, 3.63) is 51.9 Å². The van der Waals surface area contributed by atoms with Gasteiger partial charge in [-0.15, -0.1) is 0 Å². The molecule has 2 nitrogen and oxygen atoms in total. The van der Waals surface area contributed by atoms with Crippen molar-refractivity contribution in [2.75, 3.05) is 0 Å². The second-order valence-electron chi connectivity index (χ2n) is 4.72. The highest BCUT2D eigenvalue weighted by Crippen LogP contribution is 2.29. The minimum absolute atomic E-state index is 0.00722. The third kappa shape index (κ3) is 3.32. The van der Waals surface area contributed by atoms with Crippen LogP contribution in [0.15, 0.2) is 34.9 Å². The molecule has 0 saturated carbocycles. The molecule has 0 amide bonds. The van der Waals surface area contributed by atoms with Crippen LogP contribution < -0.4 is 4.74 Å². The average Bonchev–Trinajstić information content (AvgIpc) is 2.34. The summed E-state index contributed by atoms with van der Waals surface area (Å²) in [4.78, 5) is 3.94. The molecule has 4 heteroatoms. The molecule has 0 radical (unpaired) electrons. The van der Waals surface area contributed by atoms with Crippen molar-refractivity contribution in [2.45, 2.75) is 26.7 Å². The smallest absolute Gasteiger partial charge is 0.255 e. The van der Waals surface area contributed by atoms with Gasteiger partial charge in [-0.05, 0) is 52.0 Å². The highest BCUT2D eigenvalue weighted by Gasteiger charge is 2.10. The van der Waals surface area contributed by atoms with Gasteiger partial charge in [0.15, 0.2) is 5.82 Å². The van der Waals surface area contributed by atoms with Gasteiger partial charge in [0.1, 0.15) is 5.75 Å². The predicted molar refractivity (Wildman–Crippen MR) is 77.2 cm³/mol. The third-order valence-electron chi connectivity index (χ3n) is 2.86. The van der Waals surface area contributed by atoms with Gasteiger partial charge in [-0.3, -0.25) is 0 Å². The van der Waals surface area contributed by atoms with E-state index in [0.29, 0.717) is 16.1 Å². The van der Waals surface area contributed by atoms with Gasteiger partial charge in [0.2, 0.25) is 0 Å². The molecule has 0 aliphatic carbocycles. The van der Waals surface area contributed by atoms with Crippen LogP contribution in [0.2, 0.25) is 0 Å². The molecule has 0 aliphatic heterocycles. The zero-order valence-corrected chi connectivity index (χ0v) is 12.7. The highest BCUT2D eigenvalue weighted by atomic mass is 79.9. The van der Waals surface area contributed by atoms with Crippen molar-refractivity contribution in [2.24, 2.45) is 0 Å². The summed E-state index contributed by atoms with van der Waals surface area (Å²) < 4.78 is 19.9. The van der Waals surface area contributed by atoms with E-state index < -0.39 is 5.82 Å². The van der Waals surface area contributed by atoms with Gasteiger partial charge >= 0.3 is 0 Å². The van der Waals surface area contributed by atoms with E-state index in [1.165, 1.54) is 12.3 Å². The number of benzene rings is 1. The molecule has 1 heterocycles. The zero-order valence-electron chi connectivity index (χ0n) is 11.1. The molecule has 2 aromatic rings. The van der Waals surface area contributed by atoms with Crippen LogP contribution >= 0.6 is 15.9 Å². The number of ether oxygens (including phenoxy) is 1. The molecule has 0 N–H and O–H groups in total. The Morgan fingerprint density at radius 3 is 2.63 bits per heavy atom. The molecule has 0 fully saturated rings. The maximum absolute atomic E-state index is 13.7. The second-order valence-corrected chi connectivity index (χ2v) is 5.64. The maximum Gasteiger partial charge on any atom is 0.255 e.